The number of benzene rings is 1. The number of nitrogens with two attached hydrogens (primary N) is 1. The molecule has 2 aliphatic heterocycles. The van der Waals surface area contributed by atoms with Crippen molar-refractivity contribution in [3.05, 3.63) is 53.1 Å². The number of amides is 1. The second kappa shape index (κ2) is 7.81. The number of amidine groups is 1. The molecule has 0 fully saturated rings. The molecule has 4 rings (SSSR count). The Hall–Kier alpha value is -2.98. The molecule has 2 aliphatic rings. The van der Waals surface area contributed by atoms with E-state index in [1.807, 2.05) is 13.8 Å². The summed E-state index contributed by atoms with van der Waals surface area (Å²) < 4.78 is 35.4. The molecule has 8 nitrogen and oxygen atoms in total. The first-order chi connectivity index (χ1) is 15.4. The minimum Gasteiger partial charge on any atom is -0.495 e. The molecule has 0 bridgehead atoms. The number of nitrogens with one attached hydrogen (secondary N) is 1. The molecule has 1 aromatic carbocycles. The maximum absolute atomic E-state index is 15.1. The number of pyridine rings is 1. The van der Waals surface area contributed by atoms with Crippen LogP contribution in [0.5, 0.6) is 5.75 Å². The van der Waals surface area contributed by atoms with Gasteiger partial charge in [0.15, 0.2) is 0 Å². The Morgan fingerprint density at radius 3 is 2.73 bits per heavy atom. The van der Waals surface area contributed by atoms with Gasteiger partial charge < -0.3 is 20.3 Å². The van der Waals surface area contributed by atoms with Crippen molar-refractivity contribution in [2.75, 3.05) is 12.4 Å². The SMILES string of the molecule is COc1cnc(C(=O)Nc2ccc(F)c([C@@]3(C)N=C(N)C(C)(C)S4(O)N=CC[C@@H]34)c2)c(C)c1. The molecule has 1 aromatic heterocycles. The average molecular weight is 474 g/mol. The molecule has 1 unspecified atom stereocenters. The third kappa shape index (κ3) is 3.48. The Morgan fingerprint density at radius 1 is 1.33 bits per heavy atom. The van der Waals surface area contributed by atoms with E-state index < -0.39 is 37.8 Å². The van der Waals surface area contributed by atoms with Crippen molar-refractivity contribution in [3.8, 4) is 5.75 Å². The van der Waals surface area contributed by atoms with Gasteiger partial charge in [-0.15, -0.1) is 0 Å². The summed E-state index contributed by atoms with van der Waals surface area (Å²) in [6, 6.07) is 6.01. The van der Waals surface area contributed by atoms with Gasteiger partial charge in [-0.25, -0.2) is 13.8 Å². The predicted molar refractivity (Wildman–Crippen MR) is 130 cm³/mol. The van der Waals surface area contributed by atoms with Gasteiger partial charge in [0, 0.05) is 23.9 Å². The van der Waals surface area contributed by atoms with Crippen LogP contribution >= 0.6 is 10.5 Å². The highest BCUT2D eigenvalue weighted by molar-refractivity contribution is 8.30. The van der Waals surface area contributed by atoms with Crippen LogP contribution in [0.25, 0.3) is 0 Å². The van der Waals surface area contributed by atoms with Gasteiger partial charge in [-0.3, -0.25) is 9.79 Å². The fraction of sp³-hybridized carbons (Fsp3) is 0.391. The van der Waals surface area contributed by atoms with Gasteiger partial charge in [-0.2, -0.15) is 0 Å². The lowest BCUT2D eigenvalue weighted by molar-refractivity contribution is 0.102. The Kier molecular flexibility index (Phi) is 5.49. The Bertz CT molecular complexity index is 1200. The van der Waals surface area contributed by atoms with Crippen LogP contribution in [0.1, 0.15) is 48.8 Å². The number of anilines is 1. The summed E-state index contributed by atoms with van der Waals surface area (Å²) in [5, 5.41) is 2.34. The molecule has 3 heterocycles. The third-order valence-corrected chi connectivity index (χ3v) is 10.2. The van der Waals surface area contributed by atoms with Crippen LogP contribution in [-0.2, 0) is 5.54 Å². The Morgan fingerprint density at radius 2 is 2.06 bits per heavy atom. The highest BCUT2D eigenvalue weighted by Crippen LogP contribution is 2.70. The first-order valence-corrected chi connectivity index (χ1v) is 12.1. The van der Waals surface area contributed by atoms with Gasteiger partial charge >= 0.3 is 0 Å². The number of carbonyl (C=O) groups is 1. The Balaban J connectivity index is 1.72. The predicted octanol–water partition coefficient (Wildman–Crippen LogP) is 4.19. The van der Waals surface area contributed by atoms with Crippen LogP contribution in [-0.4, -0.2) is 44.6 Å². The topological polar surface area (TPSA) is 122 Å². The van der Waals surface area contributed by atoms with E-state index in [9.17, 15) is 9.35 Å². The number of halogens is 1. The summed E-state index contributed by atoms with van der Waals surface area (Å²) in [6.45, 7) is 7.14. The lowest BCUT2D eigenvalue weighted by Crippen LogP contribution is -2.55. The van der Waals surface area contributed by atoms with E-state index in [-0.39, 0.29) is 17.1 Å². The molecule has 0 saturated carbocycles. The standard InChI is InChI=1S/C23H28FN5O3S/c1-13-10-15(32-5)12-26-19(13)20(30)28-14-6-7-17(24)16(11-14)23(4)18-8-9-27-33(18,31)22(2,3)21(25)29-23/h6-7,9-12,18,31H,8H2,1-5H3,(H2,25,29)(H,28,30)/t18-,23+/m0/s1. The summed E-state index contributed by atoms with van der Waals surface area (Å²) in [7, 11) is -1.07. The van der Waals surface area contributed by atoms with Gasteiger partial charge in [-0.1, -0.05) is 0 Å². The minimum atomic E-state index is -2.60. The van der Waals surface area contributed by atoms with Crippen molar-refractivity contribution in [1.29, 1.82) is 0 Å². The van der Waals surface area contributed by atoms with Gasteiger partial charge in [0.1, 0.15) is 28.6 Å². The van der Waals surface area contributed by atoms with E-state index in [0.29, 0.717) is 23.4 Å². The molecule has 176 valence electrons. The molecule has 1 amide bonds. The zero-order valence-electron chi connectivity index (χ0n) is 19.2. The van der Waals surface area contributed by atoms with E-state index in [1.54, 1.807) is 32.2 Å². The molecular formula is C23H28FN5O3S. The summed E-state index contributed by atoms with van der Waals surface area (Å²) in [5.41, 5.74) is 6.62. The van der Waals surface area contributed by atoms with E-state index in [0.717, 1.165) is 0 Å². The zero-order valence-corrected chi connectivity index (χ0v) is 20.0. The number of fused-ring (bicyclic) bond motifs is 1. The second-order valence-electron chi connectivity index (χ2n) is 8.95. The lowest BCUT2D eigenvalue weighted by Gasteiger charge is -2.54. The Labute approximate surface area is 193 Å². The van der Waals surface area contributed by atoms with Crippen molar-refractivity contribution < 1.29 is 18.5 Å². The fourth-order valence-electron chi connectivity index (χ4n) is 4.42. The summed E-state index contributed by atoms with van der Waals surface area (Å²) in [6.07, 6.45) is 3.59. The number of hydrogen-bond acceptors (Lipinski definition) is 7. The normalized spacial score (nSPS) is 29.5. The molecule has 33 heavy (non-hydrogen) atoms. The highest BCUT2D eigenvalue weighted by Gasteiger charge is 2.60. The van der Waals surface area contributed by atoms with Crippen LogP contribution in [0.2, 0.25) is 0 Å². The number of carbonyl (C=O) groups excluding carboxylic acids is 1. The minimum absolute atomic E-state index is 0.227. The van der Waals surface area contributed by atoms with Crippen molar-refractivity contribution >= 4 is 34.1 Å². The van der Waals surface area contributed by atoms with Crippen molar-refractivity contribution in [2.45, 2.75) is 49.7 Å². The van der Waals surface area contributed by atoms with Crippen molar-refractivity contribution in [2.24, 2.45) is 15.1 Å². The summed E-state index contributed by atoms with van der Waals surface area (Å²) >= 11 is 0. The molecule has 0 radical (unpaired) electrons. The van der Waals surface area contributed by atoms with Crippen LogP contribution in [0.3, 0.4) is 0 Å². The molecular weight excluding hydrogens is 445 g/mol. The maximum Gasteiger partial charge on any atom is 0.274 e. The van der Waals surface area contributed by atoms with Crippen LogP contribution in [0, 0.1) is 12.7 Å². The summed E-state index contributed by atoms with van der Waals surface area (Å²) in [4.78, 5) is 21.7. The van der Waals surface area contributed by atoms with Crippen LogP contribution in [0.15, 0.2) is 39.9 Å². The smallest absolute Gasteiger partial charge is 0.274 e. The van der Waals surface area contributed by atoms with E-state index >= 15 is 4.39 Å². The van der Waals surface area contributed by atoms with Crippen LogP contribution in [0.4, 0.5) is 10.1 Å². The molecule has 0 spiro atoms. The first-order valence-electron chi connectivity index (χ1n) is 10.5. The van der Waals surface area contributed by atoms with E-state index in [4.69, 9.17) is 15.5 Å². The highest BCUT2D eigenvalue weighted by atomic mass is 32.3. The number of hydrogen-bond donors (Lipinski definition) is 3. The zero-order chi connectivity index (χ0) is 24.2. The number of aryl methyl sites for hydroxylation is 1. The van der Waals surface area contributed by atoms with Gasteiger partial charge in [0.2, 0.25) is 0 Å². The van der Waals surface area contributed by atoms with E-state index in [1.165, 1.54) is 25.4 Å². The third-order valence-electron chi connectivity index (χ3n) is 6.57. The number of methoxy groups -OCH3 is 1. The average Bonchev–Trinajstić information content (AvgIpc) is 3.18. The second-order valence-corrected chi connectivity index (χ2v) is 11.9. The number of aromatic nitrogens is 1. The lowest BCUT2D eigenvalue weighted by atomic mass is 9.86. The van der Waals surface area contributed by atoms with Crippen molar-refractivity contribution in [3.63, 3.8) is 0 Å². The maximum atomic E-state index is 15.1. The quantitative estimate of drug-likeness (QED) is 0.615. The number of aliphatic imine (C=N–C) groups is 1. The number of ether oxygens (including phenoxy) is 1. The molecule has 4 N–H and O–H groups in total. The molecule has 0 saturated heterocycles. The molecule has 10 heteroatoms. The fourth-order valence-corrected chi connectivity index (χ4v) is 7.38. The van der Waals surface area contributed by atoms with Gasteiger partial charge in [0.25, 0.3) is 5.91 Å². The molecule has 2 aromatic rings. The largest absolute Gasteiger partial charge is 0.495 e. The number of rotatable bonds is 4. The summed E-state index contributed by atoms with van der Waals surface area (Å²) in [5.74, 6) is -0.161. The van der Waals surface area contributed by atoms with E-state index in [2.05, 4.69) is 14.7 Å². The molecule has 0 aliphatic carbocycles. The molecule has 3 atom stereocenters. The number of nitrogens with zero attached hydrogens (tertiary/aromatic N) is 3. The van der Waals surface area contributed by atoms with Gasteiger partial charge in [0.05, 0.1) is 23.3 Å². The first kappa shape index (κ1) is 23.2. The monoisotopic (exact) mass is 473 g/mol. The van der Waals surface area contributed by atoms with Gasteiger partial charge in [-0.05, 0) is 68.0 Å². The van der Waals surface area contributed by atoms with Crippen LogP contribution < -0.4 is 15.8 Å². The van der Waals surface area contributed by atoms with Crippen molar-refractivity contribution in [1.82, 2.24) is 4.98 Å².